The van der Waals surface area contributed by atoms with Gasteiger partial charge in [-0.3, -0.25) is 14.5 Å². The lowest BCUT2D eigenvalue weighted by Gasteiger charge is -2.38. The number of nitrogens with zero attached hydrogens (tertiary/aromatic N) is 3. The van der Waals surface area contributed by atoms with E-state index in [1.54, 1.807) is 46.2 Å². The van der Waals surface area contributed by atoms with E-state index in [0.717, 1.165) is 0 Å². The molecule has 0 unspecified atom stereocenters. The molecule has 0 aliphatic carbocycles. The van der Waals surface area contributed by atoms with Gasteiger partial charge in [-0.25, -0.2) is 0 Å². The highest BCUT2D eigenvalue weighted by Crippen LogP contribution is 2.21. The first-order chi connectivity index (χ1) is 13.5. The summed E-state index contributed by atoms with van der Waals surface area (Å²) in [6, 6.07) is 10.0. The molecule has 2 atom stereocenters. The second-order valence-corrected chi connectivity index (χ2v) is 7.59. The Bertz CT molecular complexity index is 832. The maximum atomic E-state index is 12.7. The zero-order valence-electron chi connectivity index (χ0n) is 15.3. The van der Waals surface area contributed by atoms with Crippen molar-refractivity contribution in [3.05, 3.63) is 59.0 Å². The number of piperazine rings is 1. The predicted octanol–water partition coefficient (Wildman–Crippen LogP) is 1.58. The molecule has 1 aromatic carbocycles. The SMILES string of the molecule is O=C(c1ccc(Cl)cc1)N1C[C@H](O)[C@@H](N2CCN(C(=O)c3ccco3)CC2)C1. The average Bonchev–Trinajstić information content (AvgIpc) is 3.38. The molecule has 0 radical (unpaired) electrons. The van der Waals surface area contributed by atoms with Crippen molar-refractivity contribution in [1.82, 2.24) is 14.7 Å². The molecule has 2 amide bonds. The lowest BCUT2D eigenvalue weighted by Crippen LogP contribution is -2.54. The number of furan rings is 1. The van der Waals surface area contributed by atoms with Gasteiger partial charge in [0, 0.05) is 49.9 Å². The zero-order chi connectivity index (χ0) is 19.7. The van der Waals surface area contributed by atoms with Gasteiger partial charge in [0.2, 0.25) is 0 Å². The third kappa shape index (κ3) is 3.78. The van der Waals surface area contributed by atoms with Crippen LogP contribution in [0.4, 0.5) is 0 Å². The number of carbonyl (C=O) groups excluding carboxylic acids is 2. The molecule has 4 rings (SSSR count). The molecular formula is C20H22ClN3O4. The van der Waals surface area contributed by atoms with Crippen LogP contribution in [0.3, 0.4) is 0 Å². The van der Waals surface area contributed by atoms with Crippen molar-refractivity contribution in [2.45, 2.75) is 12.1 Å². The average molecular weight is 404 g/mol. The zero-order valence-corrected chi connectivity index (χ0v) is 16.1. The monoisotopic (exact) mass is 403 g/mol. The Morgan fingerprint density at radius 2 is 1.68 bits per heavy atom. The van der Waals surface area contributed by atoms with Crippen molar-refractivity contribution in [2.24, 2.45) is 0 Å². The topological polar surface area (TPSA) is 77.2 Å². The Kier molecular flexibility index (Phi) is 5.39. The lowest BCUT2D eigenvalue weighted by atomic mass is 10.1. The molecule has 1 aromatic heterocycles. The van der Waals surface area contributed by atoms with E-state index in [-0.39, 0.29) is 17.9 Å². The Morgan fingerprint density at radius 1 is 0.964 bits per heavy atom. The highest BCUT2D eigenvalue weighted by atomic mass is 35.5. The van der Waals surface area contributed by atoms with Crippen LogP contribution < -0.4 is 0 Å². The molecule has 2 aliphatic rings. The standard InChI is InChI=1S/C20H22ClN3O4/c21-15-5-3-14(4-6-15)19(26)24-12-16(17(25)13-24)22-7-9-23(10-8-22)20(27)18-2-1-11-28-18/h1-6,11,16-17,25H,7-10,12-13H2/t16-,17-/m0/s1. The third-order valence-corrected chi connectivity index (χ3v) is 5.69. The maximum absolute atomic E-state index is 12.7. The number of aliphatic hydroxyl groups excluding tert-OH is 1. The second-order valence-electron chi connectivity index (χ2n) is 7.16. The van der Waals surface area contributed by atoms with Gasteiger partial charge >= 0.3 is 0 Å². The molecular weight excluding hydrogens is 382 g/mol. The predicted molar refractivity (Wildman–Crippen MR) is 103 cm³/mol. The minimum atomic E-state index is -0.608. The van der Waals surface area contributed by atoms with E-state index in [0.29, 0.717) is 55.6 Å². The summed E-state index contributed by atoms with van der Waals surface area (Å²) < 4.78 is 5.18. The summed E-state index contributed by atoms with van der Waals surface area (Å²) in [6.07, 6.45) is 0.883. The molecule has 2 saturated heterocycles. The van der Waals surface area contributed by atoms with Crippen LogP contribution in [0.1, 0.15) is 20.9 Å². The quantitative estimate of drug-likeness (QED) is 0.841. The molecule has 28 heavy (non-hydrogen) atoms. The number of β-amino-alcohol motifs (C(OH)–C–C–N with tert-alkyl or cyclic N) is 1. The number of hydrogen-bond acceptors (Lipinski definition) is 5. The summed E-state index contributed by atoms with van der Waals surface area (Å²) in [6.45, 7) is 3.20. The van der Waals surface area contributed by atoms with E-state index in [2.05, 4.69) is 4.90 Å². The van der Waals surface area contributed by atoms with E-state index in [4.69, 9.17) is 16.0 Å². The van der Waals surface area contributed by atoms with Crippen molar-refractivity contribution in [3.8, 4) is 0 Å². The van der Waals surface area contributed by atoms with Crippen LogP contribution in [-0.2, 0) is 0 Å². The first kappa shape index (κ1) is 19.0. The summed E-state index contributed by atoms with van der Waals surface area (Å²) in [4.78, 5) is 30.7. The van der Waals surface area contributed by atoms with Gasteiger partial charge < -0.3 is 19.3 Å². The van der Waals surface area contributed by atoms with E-state index in [1.807, 2.05) is 0 Å². The largest absolute Gasteiger partial charge is 0.459 e. The number of rotatable bonds is 3. The molecule has 1 N–H and O–H groups in total. The summed E-state index contributed by atoms with van der Waals surface area (Å²) in [5.74, 6) is 0.120. The van der Waals surface area contributed by atoms with Gasteiger partial charge in [0.15, 0.2) is 5.76 Å². The van der Waals surface area contributed by atoms with E-state index in [1.165, 1.54) is 6.26 Å². The molecule has 2 aliphatic heterocycles. The van der Waals surface area contributed by atoms with Crippen LogP contribution in [0.2, 0.25) is 5.02 Å². The van der Waals surface area contributed by atoms with Crippen molar-refractivity contribution in [3.63, 3.8) is 0 Å². The number of benzene rings is 1. The molecule has 8 heteroatoms. The summed E-state index contributed by atoms with van der Waals surface area (Å²) in [5, 5.41) is 11.1. The fourth-order valence-electron chi connectivity index (χ4n) is 3.88. The Labute approximate surface area is 168 Å². The Balaban J connectivity index is 1.35. The summed E-state index contributed by atoms with van der Waals surface area (Å²) in [5.41, 5.74) is 0.561. The smallest absolute Gasteiger partial charge is 0.289 e. The van der Waals surface area contributed by atoms with Crippen LogP contribution >= 0.6 is 11.6 Å². The van der Waals surface area contributed by atoms with Crippen LogP contribution in [0, 0.1) is 0 Å². The maximum Gasteiger partial charge on any atom is 0.289 e. The highest BCUT2D eigenvalue weighted by Gasteiger charge is 2.39. The number of aliphatic hydroxyl groups is 1. The van der Waals surface area contributed by atoms with Gasteiger partial charge in [0.1, 0.15) is 0 Å². The van der Waals surface area contributed by atoms with Crippen molar-refractivity contribution < 1.29 is 19.1 Å². The van der Waals surface area contributed by atoms with Crippen molar-refractivity contribution in [2.75, 3.05) is 39.3 Å². The van der Waals surface area contributed by atoms with Gasteiger partial charge in [0.05, 0.1) is 18.4 Å². The fourth-order valence-corrected chi connectivity index (χ4v) is 4.01. The molecule has 0 saturated carbocycles. The van der Waals surface area contributed by atoms with Crippen LogP contribution in [0.15, 0.2) is 47.1 Å². The van der Waals surface area contributed by atoms with Gasteiger partial charge in [-0.15, -0.1) is 0 Å². The van der Waals surface area contributed by atoms with E-state index < -0.39 is 6.10 Å². The van der Waals surface area contributed by atoms with Crippen LogP contribution in [0.25, 0.3) is 0 Å². The Hall–Kier alpha value is -2.35. The number of carbonyl (C=O) groups is 2. The second kappa shape index (κ2) is 7.95. The molecule has 148 valence electrons. The first-order valence-corrected chi connectivity index (χ1v) is 9.70. The molecule has 0 bridgehead atoms. The summed E-state index contributed by atoms with van der Waals surface area (Å²) >= 11 is 5.89. The van der Waals surface area contributed by atoms with Gasteiger partial charge in [0.25, 0.3) is 11.8 Å². The van der Waals surface area contributed by atoms with Gasteiger partial charge in [-0.2, -0.15) is 0 Å². The Morgan fingerprint density at radius 3 is 2.32 bits per heavy atom. The van der Waals surface area contributed by atoms with Crippen LogP contribution in [0.5, 0.6) is 0 Å². The molecule has 3 heterocycles. The number of likely N-dealkylation sites (tertiary alicyclic amines) is 1. The fraction of sp³-hybridized carbons (Fsp3) is 0.400. The molecule has 0 spiro atoms. The lowest BCUT2D eigenvalue weighted by molar-refractivity contribution is 0.0359. The summed E-state index contributed by atoms with van der Waals surface area (Å²) in [7, 11) is 0. The van der Waals surface area contributed by atoms with Gasteiger partial charge in [-0.1, -0.05) is 11.6 Å². The van der Waals surface area contributed by atoms with E-state index in [9.17, 15) is 14.7 Å². The number of halogens is 1. The molecule has 2 fully saturated rings. The molecule has 7 nitrogen and oxygen atoms in total. The van der Waals surface area contributed by atoms with Crippen molar-refractivity contribution in [1.29, 1.82) is 0 Å². The third-order valence-electron chi connectivity index (χ3n) is 5.44. The van der Waals surface area contributed by atoms with Crippen LogP contribution in [-0.4, -0.2) is 83.0 Å². The number of amides is 2. The minimum Gasteiger partial charge on any atom is -0.459 e. The normalized spacial score (nSPS) is 23.2. The number of hydrogen-bond donors (Lipinski definition) is 1. The van der Waals surface area contributed by atoms with Crippen molar-refractivity contribution >= 4 is 23.4 Å². The van der Waals surface area contributed by atoms with E-state index >= 15 is 0 Å². The molecule has 2 aromatic rings. The first-order valence-electron chi connectivity index (χ1n) is 9.32. The van der Waals surface area contributed by atoms with Gasteiger partial charge in [-0.05, 0) is 36.4 Å². The minimum absolute atomic E-state index is 0.107. The highest BCUT2D eigenvalue weighted by molar-refractivity contribution is 6.30.